The number of amides is 1. The van der Waals surface area contributed by atoms with E-state index in [1.165, 1.54) is 12.8 Å². The van der Waals surface area contributed by atoms with E-state index in [1.807, 2.05) is 37.2 Å². The highest BCUT2D eigenvalue weighted by molar-refractivity contribution is 5.81. The van der Waals surface area contributed by atoms with Crippen LogP contribution >= 0.6 is 0 Å². The van der Waals surface area contributed by atoms with E-state index in [2.05, 4.69) is 36.1 Å². The fourth-order valence-electron chi connectivity index (χ4n) is 2.82. The van der Waals surface area contributed by atoms with Crippen molar-refractivity contribution in [2.45, 2.75) is 46.5 Å². The second-order valence-electron chi connectivity index (χ2n) is 6.85. The summed E-state index contributed by atoms with van der Waals surface area (Å²) in [7, 11) is 3.75. The van der Waals surface area contributed by atoms with Crippen molar-refractivity contribution >= 4 is 16.9 Å². The molecule has 3 N–H and O–H groups in total. The molecule has 0 saturated carbocycles. The van der Waals surface area contributed by atoms with Gasteiger partial charge in [-0.15, -0.1) is 0 Å². The highest BCUT2D eigenvalue weighted by Crippen LogP contribution is 2.17. The number of carbonyl (C=O) groups is 1. The van der Waals surface area contributed by atoms with Gasteiger partial charge in [-0.1, -0.05) is 33.3 Å². The molecule has 1 atom stereocenters. The minimum Gasteiger partial charge on any atom is -0.412 e. The van der Waals surface area contributed by atoms with Crippen molar-refractivity contribution in [3.63, 3.8) is 0 Å². The first-order valence-electron chi connectivity index (χ1n) is 9.61. The molecule has 152 valence electrons. The molecular formula is C21H36N4O2. The summed E-state index contributed by atoms with van der Waals surface area (Å²) < 4.78 is 0. The van der Waals surface area contributed by atoms with Crippen LogP contribution in [0, 0.1) is 5.92 Å². The van der Waals surface area contributed by atoms with Crippen LogP contribution in [0.5, 0.6) is 0 Å². The van der Waals surface area contributed by atoms with E-state index in [4.69, 9.17) is 0 Å². The van der Waals surface area contributed by atoms with Crippen LogP contribution in [0.2, 0.25) is 0 Å². The SMILES string of the molecule is CCC.CNC.C[C@H]1CCCN(C(=O)Cc2ccc3nccnc3c2)C1.O. The van der Waals surface area contributed by atoms with Crippen molar-refractivity contribution in [3.8, 4) is 0 Å². The molecule has 6 heteroatoms. The third kappa shape index (κ3) is 8.93. The van der Waals surface area contributed by atoms with Gasteiger partial charge in [-0.2, -0.15) is 0 Å². The Bertz CT molecular complexity index is 661. The molecule has 3 rings (SSSR count). The molecule has 0 aliphatic carbocycles. The van der Waals surface area contributed by atoms with Crippen molar-refractivity contribution in [3.05, 3.63) is 36.2 Å². The molecule has 0 bridgehead atoms. The number of benzene rings is 1. The highest BCUT2D eigenvalue weighted by atomic mass is 16.2. The smallest absolute Gasteiger partial charge is 0.226 e. The van der Waals surface area contributed by atoms with E-state index in [9.17, 15) is 4.79 Å². The van der Waals surface area contributed by atoms with Crippen LogP contribution < -0.4 is 5.32 Å². The molecule has 1 fully saturated rings. The van der Waals surface area contributed by atoms with E-state index < -0.39 is 0 Å². The molecule has 1 aromatic carbocycles. The maximum Gasteiger partial charge on any atom is 0.226 e. The van der Waals surface area contributed by atoms with Crippen LogP contribution in [0.4, 0.5) is 0 Å². The Balaban J connectivity index is 0.000000860. The number of hydrogen-bond donors (Lipinski definition) is 1. The predicted octanol–water partition coefficient (Wildman–Crippen LogP) is 2.86. The van der Waals surface area contributed by atoms with Crippen molar-refractivity contribution in [2.75, 3.05) is 27.2 Å². The Hall–Kier alpha value is -2.05. The molecule has 1 aromatic heterocycles. The number of piperidine rings is 1. The van der Waals surface area contributed by atoms with Gasteiger partial charge in [-0.25, -0.2) is 0 Å². The minimum absolute atomic E-state index is 0. The quantitative estimate of drug-likeness (QED) is 0.873. The molecule has 0 spiro atoms. The summed E-state index contributed by atoms with van der Waals surface area (Å²) in [6, 6.07) is 5.87. The Labute approximate surface area is 163 Å². The Kier molecular flexibility index (Phi) is 13.0. The molecule has 1 saturated heterocycles. The molecule has 1 amide bonds. The first kappa shape index (κ1) is 24.9. The zero-order valence-electron chi connectivity index (χ0n) is 17.5. The van der Waals surface area contributed by atoms with Crippen LogP contribution in [0.3, 0.4) is 0 Å². The predicted molar refractivity (Wildman–Crippen MR) is 113 cm³/mol. The lowest BCUT2D eigenvalue weighted by atomic mass is 9.99. The van der Waals surface area contributed by atoms with Gasteiger partial charge in [0.2, 0.25) is 5.91 Å². The van der Waals surface area contributed by atoms with Crippen molar-refractivity contribution in [2.24, 2.45) is 5.92 Å². The average molecular weight is 377 g/mol. The molecule has 0 radical (unpaired) electrons. The molecule has 2 aromatic rings. The van der Waals surface area contributed by atoms with Gasteiger partial charge in [-0.3, -0.25) is 14.8 Å². The second-order valence-corrected chi connectivity index (χ2v) is 6.85. The van der Waals surface area contributed by atoms with Gasteiger partial charge in [0.05, 0.1) is 17.5 Å². The molecule has 6 nitrogen and oxygen atoms in total. The van der Waals surface area contributed by atoms with Crippen LogP contribution in [-0.4, -0.2) is 53.4 Å². The number of likely N-dealkylation sites (tertiary alicyclic amines) is 1. The molecule has 27 heavy (non-hydrogen) atoms. The lowest BCUT2D eigenvalue weighted by Gasteiger charge is -2.31. The number of aromatic nitrogens is 2. The van der Waals surface area contributed by atoms with Crippen LogP contribution in [0.1, 0.15) is 45.6 Å². The number of rotatable bonds is 2. The van der Waals surface area contributed by atoms with Gasteiger partial charge in [0, 0.05) is 25.5 Å². The molecule has 1 aliphatic heterocycles. The molecule has 0 unspecified atom stereocenters. The van der Waals surface area contributed by atoms with E-state index in [0.717, 1.165) is 36.1 Å². The van der Waals surface area contributed by atoms with Gasteiger partial charge in [-0.05, 0) is 50.6 Å². The number of carbonyl (C=O) groups excluding carboxylic acids is 1. The largest absolute Gasteiger partial charge is 0.412 e. The molecule has 2 heterocycles. The number of nitrogens with zero attached hydrogens (tertiary/aromatic N) is 3. The van der Waals surface area contributed by atoms with Gasteiger partial charge < -0.3 is 15.7 Å². The van der Waals surface area contributed by atoms with Gasteiger partial charge in [0.25, 0.3) is 0 Å². The van der Waals surface area contributed by atoms with Gasteiger partial charge >= 0.3 is 0 Å². The van der Waals surface area contributed by atoms with Gasteiger partial charge in [0.1, 0.15) is 0 Å². The van der Waals surface area contributed by atoms with Gasteiger partial charge in [0.15, 0.2) is 0 Å². The third-order valence-corrected chi connectivity index (χ3v) is 3.90. The second kappa shape index (κ2) is 14.1. The summed E-state index contributed by atoms with van der Waals surface area (Å²) in [6.07, 6.45) is 7.42. The third-order valence-electron chi connectivity index (χ3n) is 3.90. The summed E-state index contributed by atoms with van der Waals surface area (Å²) >= 11 is 0. The Morgan fingerprint density at radius 1 is 1.19 bits per heavy atom. The van der Waals surface area contributed by atoms with E-state index in [-0.39, 0.29) is 11.4 Å². The summed E-state index contributed by atoms with van der Waals surface area (Å²) in [4.78, 5) is 22.9. The lowest BCUT2D eigenvalue weighted by Crippen LogP contribution is -2.39. The first-order valence-corrected chi connectivity index (χ1v) is 9.61. The van der Waals surface area contributed by atoms with Crippen LogP contribution in [-0.2, 0) is 11.2 Å². The number of fused-ring (bicyclic) bond motifs is 1. The summed E-state index contributed by atoms with van der Waals surface area (Å²) in [5, 5.41) is 2.75. The summed E-state index contributed by atoms with van der Waals surface area (Å²) in [6.45, 7) is 8.26. The fourth-order valence-corrected chi connectivity index (χ4v) is 2.82. The zero-order valence-corrected chi connectivity index (χ0v) is 17.5. The van der Waals surface area contributed by atoms with Crippen molar-refractivity contribution in [1.29, 1.82) is 0 Å². The number of hydrogen-bond acceptors (Lipinski definition) is 4. The monoisotopic (exact) mass is 376 g/mol. The van der Waals surface area contributed by atoms with E-state index in [1.54, 1.807) is 12.4 Å². The molecule has 1 aliphatic rings. The number of nitrogens with one attached hydrogen (secondary N) is 1. The Morgan fingerprint density at radius 3 is 2.37 bits per heavy atom. The lowest BCUT2D eigenvalue weighted by molar-refractivity contribution is -0.132. The maximum absolute atomic E-state index is 12.3. The summed E-state index contributed by atoms with van der Waals surface area (Å²) in [5.41, 5.74) is 2.74. The Morgan fingerprint density at radius 2 is 1.78 bits per heavy atom. The van der Waals surface area contributed by atoms with Crippen molar-refractivity contribution < 1.29 is 10.3 Å². The first-order chi connectivity index (χ1) is 12.5. The zero-order chi connectivity index (χ0) is 19.4. The topological polar surface area (TPSA) is 89.6 Å². The average Bonchev–Trinajstić information content (AvgIpc) is 2.63. The fraction of sp³-hybridized carbons (Fsp3) is 0.571. The van der Waals surface area contributed by atoms with Crippen LogP contribution in [0.15, 0.2) is 30.6 Å². The van der Waals surface area contributed by atoms with E-state index >= 15 is 0 Å². The standard InChI is InChI=1S/C16H19N3O.C3H8.C2H7N.H2O/c1-12-3-2-8-19(11-12)16(20)10-13-4-5-14-15(9-13)18-7-6-17-14;2*1-3-2;/h4-7,9,12H,2-3,8,10-11H2,1H3;3H2,1-2H3;3H,1-2H3;1H2/t12-;;;/m0.../s1. The van der Waals surface area contributed by atoms with E-state index in [0.29, 0.717) is 12.3 Å². The maximum atomic E-state index is 12.3. The van der Waals surface area contributed by atoms with Crippen LogP contribution in [0.25, 0.3) is 11.0 Å². The minimum atomic E-state index is 0. The normalized spacial score (nSPS) is 15.6. The highest BCUT2D eigenvalue weighted by Gasteiger charge is 2.20. The summed E-state index contributed by atoms with van der Waals surface area (Å²) in [5.74, 6) is 0.843. The van der Waals surface area contributed by atoms with Crippen molar-refractivity contribution in [1.82, 2.24) is 20.2 Å². The molecular weight excluding hydrogens is 340 g/mol.